The quantitative estimate of drug-likeness (QED) is 0.109. The van der Waals surface area contributed by atoms with Crippen LogP contribution in [0.2, 0.25) is 0 Å². The van der Waals surface area contributed by atoms with E-state index in [4.69, 9.17) is 42.8 Å². The molecule has 1 amide bonds. The Balaban J connectivity index is 1.09. The highest BCUT2D eigenvalue weighted by atomic mass is 32.7. The monoisotopic (exact) mass is 894 g/mol. The maximum atomic E-state index is 16.5. The van der Waals surface area contributed by atoms with E-state index in [-0.39, 0.29) is 34.0 Å². The largest absolute Gasteiger partial charge is 0.496 e. The molecule has 3 fully saturated rings. The highest BCUT2D eigenvalue weighted by Crippen LogP contribution is 2.65. The summed E-state index contributed by atoms with van der Waals surface area (Å²) < 4.78 is 107. The number of benzene rings is 2. The third-order valence-electron chi connectivity index (χ3n) is 9.66. The molecule has 4 aliphatic heterocycles. The number of nitrogens with two attached hydrogens (primary N) is 1. The summed E-state index contributed by atoms with van der Waals surface area (Å²) in [6, 6.07) is 12.6. The van der Waals surface area contributed by atoms with Gasteiger partial charge in [0.15, 0.2) is 42.0 Å². The summed E-state index contributed by atoms with van der Waals surface area (Å²) in [6.07, 6.45) is -11.2. The minimum Gasteiger partial charge on any atom is -0.496 e. The lowest BCUT2D eigenvalue weighted by molar-refractivity contribution is -0.146. The van der Waals surface area contributed by atoms with Crippen LogP contribution in [0.1, 0.15) is 28.6 Å². The number of aromatic nitrogens is 4. The van der Waals surface area contributed by atoms with Crippen molar-refractivity contribution in [1.82, 2.24) is 24.4 Å². The predicted molar refractivity (Wildman–Crippen MR) is 202 cm³/mol. The van der Waals surface area contributed by atoms with E-state index in [9.17, 15) is 28.4 Å². The zero-order valence-electron chi connectivity index (χ0n) is 31.0. The van der Waals surface area contributed by atoms with Crippen LogP contribution in [-0.2, 0) is 52.0 Å². The zero-order chi connectivity index (χ0) is 42.3. The molecule has 6 heterocycles. The number of amides is 1. The predicted octanol–water partition coefficient (Wildman–Crippen LogP) is 4.21. The first-order valence-corrected chi connectivity index (χ1v) is 22.6. The van der Waals surface area contributed by atoms with Crippen molar-refractivity contribution in [2.45, 2.75) is 61.4 Å². The number of imidazole rings is 1. The standard InChI is InChI=1S/C35H34F2N6O14P2S/c1-50-22-5-3-2-4-21(22)35(46)53-20-8-6-18(7-9-20)15-60-59(49)52-14-24-29(27(37)33(55-24)42-11-10-19(44)12-25(42)45)56-58(47,48)51-13-23-26(36)30(57-59)34(54-23)43-17-41-28-31(38)39-16-40-32(28)43/h2-11,16-17,23-24,26-27,29-30,33-34H,12-15H2,1H3,(H,47,48)(H2,38,39,40)/t23-,24-,26-,27-,29-,30-,33-,34-,59+/m1/s1. The summed E-state index contributed by atoms with van der Waals surface area (Å²) in [5.41, 5.74) is 6.86. The molecular formula is C35H34F2N6O14P2S. The van der Waals surface area contributed by atoms with E-state index in [1.54, 1.807) is 30.3 Å². The second-order valence-electron chi connectivity index (χ2n) is 13.5. The van der Waals surface area contributed by atoms with Gasteiger partial charge in [-0.15, -0.1) is 0 Å². The first-order valence-electron chi connectivity index (χ1n) is 17.9. The Bertz CT molecular complexity index is 2430. The van der Waals surface area contributed by atoms with E-state index in [0.29, 0.717) is 22.7 Å². The van der Waals surface area contributed by atoms with Crippen LogP contribution in [-0.4, -0.2) is 110 Å². The number of rotatable bonds is 8. The number of nitrogens with zero attached hydrogens (tertiary/aromatic N) is 5. The number of alkyl halides is 2. The molecule has 20 nitrogen and oxygen atoms in total. The second kappa shape index (κ2) is 17.0. The number of carbonyl (C=O) groups is 3. The lowest BCUT2D eigenvalue weighted by atomic mass is 10.1. The lowest BCUT2D eigenvalue weighted by Gasteiger charge is -2.28. The fourth-order valence-corrected chi connectivity index (χ4v) is 11.0. The highest BCUT2D eigenvalue weighted by molar-refractivity contribution is 8.54. The van der Waals surface area contributed by atoms with Crippen LogP contribution < -0.4 is 15.2 Å². The fourth-order valence-electron chi connectivity index (χ4n) is 6.72. The Kier molecular flexibility index (Phi) is 11.9. The molecule has 4 aliphatic rings. The first-order chi connectivity index (χ1) is 28.7. The lowest BCUT2D eigenvalue weighted by Crippen LogP contribution is -2.44. The van der Waals surface area contributed by atoms with Crippen molar-refractivity contribution in [3.8, 4) is 11.5 Å². The van der Waals surface area contributed by atoms with Gasteiger partial charge >= 0.3 is 20.6 Å². The number of hydrogen-bond donors (Lipinski definition) is 2. The number of ketones is 1. The molecule has 2 bridgehead atoms. The van der Waals surface area contributed by atoms with Crippen molar-refractivity contribution in [1.29, 1.82) is 0 Å². The molecule has 10 atom stereocenters. The Morgan fingerprint density at radius 2 is 1.72 bits per heavy atom. The fraction of sp³-hybridized carbons (Fsp3) is 0.371. The number of phosphoric acid groups is 1. The van der Waals surface area contributed by atoms with Gasteiger partial charge in [0.2, 0.25) is 5.91 Å². The number of ether oxygens (including phenoxy) is 4. The van der Waals surface area contributed by atoms with E-state index in [1.165, 1.54) is 36.2 Å². The number of methoxy groups -OCH3 is 1. The van der Waals surface area contributed by atoms with Gasteiger partial charge in [-0.1, -0.05) is 24.3 Å². The van der Waals surface area contributed by atoms with E-state index in [1.807, 2.05) is 0 Å². The van der Waals surface area contributed by atoms with Crippen LogP contribution >= 0.6 is 26.0 Å². The van der Waals surface area contributed by atoms with Gasteiger partial charge in [0.05, 0.1) is 33.1 Å². The molecule has 0 aliphatic carbocycles. The summed E-state index contributed by atoms with van der Waals surface area (Å²) >= 11 is 0.595. The molecule has 4 aromatic rings. The zero-order valence-corrected chi connectivity index (χ0v) is 33.6. The minimum absolute atomic E-state index is 0.0134. The smallest absolute Gasteiger partial charge is 0.472 e. The average Bonchev–Trinajstić information content (AvgIpc) is 3.89. The van der Waals surface area contributed by atoms with Gasteiger partial charge in [-0.25, -0.2) is 37.7 Å². The van der Waals surface area contributed by atoms with Crippen molar-refractivity contribution < 1.29 is 74.2 Å². The Morgan fingerprint density at radius 1 is 0.967 bits per heavy atom. The van der Waals surface area contributed by atoms with Crippen molar-refractivity contribution in [2.24, 2.45) is 0 Å². The average molecular weight is 895 g/mol. The molecular weight excluding hydrogens is 860 g/mol. The van der Waals surface area contributed by atoms with Gasteiger partial charge < -0.3 is 29.6 Å². The van der Waals surface area contributed by atoms with Crippen LogP contribution in [0.5, 0.6) is 11.5 Å². The van der Waals surface area contributed by atoms with Crippen LogP contribution in [0.25, 0.3) is 11.2 Å². The third-order valence-corrected chi connectivity index (χ3v) is 14.3. The third kappa shape index (κ3) is 8.60. The van der Waals surface area contributed by atoms with Gasteiger partial charge in [0, 0.05) is 12.0 Å². The van der Waals surface area contributed by atoms with Gasteiger partial charge in [0.1, 0.15) is 53.3 Å². The number of para-hydroxylation sites is 1. The Labute approximate surface area is 342 Å². The number of allylic oxidation sites excluding steroid dienone is 1. The molecule has 0 radical (unpaired) electrons. The van der Waals surface area contributed by atoms with Crippen molar-refractivity contribution >= 4 is 60.6 Å². The summed E-state index contributed by atoms with van der Waals surface area (Å²) in [7, 11) is -3.85. The maximum absolute atomic E-state index is 16.5. The molecule has 3 saturated heterocycles. The number of nitrogen functional groups attached to an aromatic ring is 1. The molecule has 0 spiro atoms. The van der Waals surface area contributed by atoms with Crippen LogP contribution in [0.15, 0.2) is 73.5 Å². The van der Waals surface area contributed by atoms with Crippen LogP contribution in [0.4, 0.5) is 14.6 Å². The SMILES string of the molecule is COc1ccccc1C(=O)Oc1ccc(CS[P@@]2(=O)OC[C@H]3O[C@@H](N4C=CC(=O)CC4=O)[C@H](F)[C@@H]3OP(=O)(O)OC[C@H]3O[C@@H](n4cnc5c(N)ncnc54)[C@H](O2)[C@@H]3F)cc1. The van der Waals surface area contributed by atoms with E-state index >= 15 is 8.78 Å². The second-order valence-corrected chi connectivity index (χ2v) is 18.9. The molecule has 0 saturated carbocycles. The summed E-state index contributed by atoms with van der Waals surface area (Å²) in [4.78, 5) is 61.1. The normalized spacial score (nSPS) is 32.2. The van der Waals surface area contributed by atoms with Gasteiger partial charge in [-0.05, 0) is 47.3 Å². The number of halogens is 2. The number of fused-ring (bicyclic) bond motifs is 4. The summed E-state index contributed by atoms with van der Waals surface area (Å²) in [6.45, 7) is -6.46. The van der Waals surface area contributed by atoms with Crippen molar-refractivity contribution in [3.63, 3.8) is 0 Å². The first kappa shape index (κ1) is 42.0. The topological polar surface area (TPSA) is 252 Å². The van der Waals surface area contributed by atoms with Gasteiger partial charge in [-0.3, -0.25) is 37.2 Å². The van der Waals surface area contributed by atoms with Crippen molar-refractivity contribution in [3.05, 3.63) is 84.6 Å². The number of esters is 1. The molecule has 2 aromatic heterocycles. The van der Waals surface area contributed by atoms with E-state index in [0.717, 1.165) is 23.5 Å². The Morgan fingerprint density at radius 3 is 2.48 bits per heavy atom. The van der Waals surface area contributed by atoms with E-state index in [2.05, 4.69) is 15.0 Å². The molecule has 25 heteroatoms. The highest BCUT2D eigenvalue weighted by Gasteiger charge is 2.56. The van der Waals surface area contributed by atoms with Crippen LogP contribution in [0, 0.1) is 0 Å². The number of carbonyl (C=O) groups excluding carboxylic acids is 3. The van der Waals surface area contributed by atoms with Crippen molar-refractivity contribution in [2.75, 3.05) is 26.1 Å². The molecule has 60 heavy (non-hydrogen) atoms. The maximum Gasteiger partial charge on any atom is 0.472 e. The molecule has 3 N–H and O–H groups in total. The Hall–Kier alpha value is -4.67. The molecule has 8 rings (SSSR count). The van der Waals surface area contributed by atoms with E-state index < -0.39 is 101 Å². The van der Waals surface area contributed by atoms with Gasteiger partial charge in [-0.2, -0.15) is 0 Å². The summed E-state index contributed by atoms with van der Waals surface area (Å²) in [5, 5.41) is 0. The molecule has 318 valence electrons. The van der Waals surface area contributed by atoms with Crippen LogP contribution in [0.3, 0.4) is 0 Å². The van der Waals surface area contributed by atoms with Gasteiger partial charge in [0.25, 0.3) is 0 Å². The molecule has 1 unspecified atom stereocenters. The minimum atomic E-state index is -5.26. The number of anilines is 1. The summed E-state index contributed by atoms with van der Waals surface area (Å²) in [5.74, 6) is -1.70. The molecule has 2 aromatic carbocycles. The number of hydrogen-bond acceptors (Lipinski definition) is 18. The number of phosphoric ester groups is 1.